The number of hydrogen-bond donors (Lipinski definition) is 2. The zero-order valence-electron chi connectivity index (χ0n) is 12.7. The van der Waals surface area contributed by atoms with Crippen LogP contribution < -0.4 is 10.6 Å². The average molecular weight is 314 g/mol. The van der Waals surface area contributed by atoms with E-state index >= 15 is 0 Å². The molecule has 0 bridgehead atoms. The van der Waals surface area contributed by atoms with Crippen LogP contribution in [-0.4, -0.2) is 11.8 Å². The first-order valence-electron chi connectivity index (χ1n) is 7.34. The van der Waals surface area contributed by atoms with Crippen molar-refractivity contribution in [3.05, 3.63) is 45.8 Å². The molecule has 1 aromatic heterocycles. The Balaban J connectivity index is 1.90. The lowest BCUT2D eigenvalue weighted by Gasteiger charge is -2.09. The Labute approximate surface area is 133 Å². The quantitative estimate of drug-likeness (QED) is 0.906. The molecular formula is C17H18N2O2S. The van der Waals surface area contributed by atoms with Gasteiger partial charge in [-0.05, 0) is 43.9 Å². The largest absolute Gasteiger partial charge is 0.322 e. The fraction of sp³-hybridized carbons (Fsp3) is 0.294. The minimum absolute atomic E-state index is 0.146. The van der Waals surface area contributed by atoms with E-state index in [0.717, 1.165) is 36.1 Å². The van der Waals surface area contributed by atoms with E-state index < -0.39 is 0 Å². The van der Waals surface area contributed by atoms with Crippen molar-refractivity contribution in [3.8, 4) is 0 Å². The van der Waals surface area contributed by atoms with Gasteiger partial charge in [0.2, 0.25) is 5.91 Å². The van der Waals surface area contributed by atoms with E-state index in [9.17, 15) is 9.59 Å². The minimum Gasteiger partial charge on any atom is -0.322 e. The highest BCUT2D eigenvalue weighted by molar-refractivity contribution is 7.17. The van der Waals surface area contributed by atoms with Crippen LogP contribution in [0.15, 0.2) is 24.3 Å². The van der Waals surface area contributed by atoms with Gasteiger partial charge in [0.25, 0.3) is 5.91 Å². The van der Waals surface area contributed by atoms with Crippen molar-refractivity contribution < 1.29 is 9.59 Å². The second kappa shape index (κ2) is 5.93. The van der Waals surface area contributed by atoms with Gasteiger partial charge in [0.15, 0.2) is 0 Å². The van der Waals surface area contributed by atoms with Crippen molar-refractivity contribution in [2.45, 2.75) is 33.1 Å². The lowest BCUT2D eigenvalue weighted by Crippen LogP contribution is -2.16. The van der Waals surface area contributed by atoms with Gasteiger partial charge in [0.1, 0.15) is 5.00 Å². The molecule has 5 heteroatoms. The van der Waals surface area contributed by atoms with E-state index in [-0.39, 0.29) is 11.8 Å². The first-order chi connectivity index (χ1) is 10.5. The molecule has 2 amide bonds. The monoisotopic (exact) mass is 314 g/mol. The van der Waals surface area contributed by atoms with Crippen molar-refractivity contribution in [1.82, 2.24) is 0 Å². The zero-order chi connectivity index (χ0) is 15.7. The van der Waals surface area contributed by atoms with Crippen LogP contribution in [0.3, 0.4) is 0 Å². The Morgan fingerprint density at radius 3 is 2.50 bits per heavy atom. The number of benzene rings is 1. The number of carbonyl (C=O) groups is 2. The maximum absolute atomic E-state index is 12.7. The molecule has 114 valence electrons. The molecular weight excluding hydrogens is 296 g/mol. The van der Waals surface area contributed by atoms with E-state index in [1.165, 1.54) is 23.1 Å². The van der Waals surface area contributed by atoms with Crippen molar-refractivity contribution in [3.63, 3.8) is 0 Å². The Hall–Kier alpha value is -2.14. The topological polar surface area (TPSA) is 58.2 Å². The molecule has 0 saturated heterocycles. The van der Waals surface area contributed by atoms with Crippen molar-refractivity contribution in [1.29, 1.82) is 0 Å². The molecule has 22 heavy (non-hydrogen) atoms. The summed E-state index contributed by atoms with van der Waals surface area (Å²) >= 11 is 1.53. The molecule has 0 spiro atoms. The number of rotatable bonds is 3. The molecule has 1 aliphatic rings. The predicted octanol–water partition coefficient (Wildman–Crippen LogP) is 3.76. The first kappa shape index (κ1) is 14.8. The van der Waals surface area contributed by atoms with E-state index in [4.69, 9.17) is 0 Å². The maximum atomic E-state index is 12.7. The molecule has 0 radical (unpaired) electrons. The number of hydrogen-bond acceptors (Lipinski definition) is 3. The molecule has 3 rings (SSSR count). The molecule has 2 N–H and O–H groups in total. The fourth-order valence-electron chi connectivity index (χ4n) is 2.72. The number of thiophene rings is 1. The van der Waals surface area contributed by atoms with Crippen LogP contribution in [0.25, 0.3) is 0 Å². The van der Waals surface area contributed by atoms with Gasteiger partial charge in [0, 0.05) is 17.5 Å². The second-order valence-electron chi connectivity index (χ2n) is 5.56. The van der Waals surface area contributed by atoms with Gasteiger partial charge in [-0.3, -0.25) is 9.59 Å². The van der Waals surface area contributed by atoms with Gasteiger partial charge in [-0.15, -0.1) is 11.3 Å². The number of fused-ring (bicyclic) bond motifs is 1. The molecule has 4 nitrogen and oxygen atoms in total. The highest BCUT2D eigenvalue weighted by Gasteiger charge is 2.27. The van der Waals surface area contributed by atoms with E-state index in [0.29, 0.717) is 10.6 Å². The summed E-state index contributed by atoms with van der Waals surface area (Å²) in [6.07, 6.45) is 2.97. The van der Waals surface area contributed by atoms with Gasteiger partial charge in [-0.25, -0.2) is 0 Å². The lowest BCUT2D eigenvalue weighted by atomic mass is 10.1. The third kappa shape index (κ3) is 2.90. The van der Waals surface area contributed by atoms with Gasteiger partial charge < -0.3 is 10.6 Å². The minimum atomic E-state index is -0.149. The summed E-state index contributed by atoms with van der Waals surface area (Å²) in [5.41, 5.74) is 3.64. The molecule has 0 atom stereocenters. The molecule has 2 aromatic rings. The van der Waals surface area contributed by atoms with Crippen LogP contribution in [0.5, 0.6) is 0 Å². The van der Waals surface area contributed by atoms with Crippen LogP contribution in [0.2, 0.25) is 0 Å². The third-order valence-corrected chi connectivity index (χ3v) is 4.95. The SMILES string of the molecule is CC(=O)Nc1sc2c(c1C(=O)Nc1ccc(C)cc1)CCC2. The summed E-state index contributed by atoms with van der Waals surface area (Å²) in [5, 5.41) is 6.40. The maximum Gasteiger partial charge on any atom is 0.258 e. The van der Waals surface area contributed by atoms with Crippen molar-refractivity contribution >= 4 is 33.8 Å². The molecule has 1 aliphatic carbocycles. The van der Waals surface area contributed by atoms with E-state index in [1.54, 1.807) is 0 Å². The van der Waals surface area contributed by atoms with Gasteiger partial charge in [-0.2, -0.15) is 0 Å². The molecule has 1 aromatic carbocycles. The smallest absolute Gasteiger partial charge is 0.258 e. The standard InChI is InChI=1S/C17H18N2O2S/c1-10-6-8-12(9-7-10)19-16(21)15-13-4-3-5-14(13)22-17(15)18-11(2)20/h6-9H,3-5H2,1-2H3,(H,18,20)(H,19,21). The fourth-order valence-corrected chi connectivity index (χ4v) is 4.06. The number of aryl methyl sites for hydroxylation is 2. The summed E-state index contributed by atoms with van der Waals surface area (Å²) in [6, 6.07) is 7.70. The summed E-state index contributed by atoms with van der Waals surface area (Å²) in [5.74, 6) is -0.295. The van der Waals surface area contributed by atoms with Crippen LogP contribution in [0, 0.1) is 6.92 Å². The summed E-state index contributed by atoms with van der Waals surface area (Å²) in [7, 11) is 0. The highest BCUT2D eigenvalue weighted by atomic mass is 32.1. The molecule has 0 saturated carbocycles. The van der Waals surface area contributed by atoms with Crippen LogP contribution >= 0.6 is 11.3 Å². The van der Waals surface area contributed by atoms with Gasteiger partial charge in [-0.1, -0.05) is 17.7 Å². The van der Waals surface area contributed by atoms with Gasteiger partial charge >= 0.3 is 0 Å². The van der Waals surface area contributed by atoms with Crippen LogP contribution in [0.1, 0.15) is 39.7 Å². The molecule has 0 aliphatic heterocycles. The van der Waals surface area contributed by atoms with Crippen LogP contribution in [-0.2, 0) is 17.6 Å². The first-order valence-corrected chi connectivity index (χ1v) is 8.16. The van der Waals surface area contributed by atoms with Crippen molar-refractivity contribution in [2.75, 3.05) is 10.6 Å². The lowest BCUT2D eigenvalue weighted by molar-refractivity contribution is -0.114. The van der Waals surface area contributed by atoms with Crippen LogP contribution in [0.4, 0.5) is 10.7 Å². The Morgan fingerprint density at radius 1 is 1.09 bits per heavy atom. The average Bonchev–Trinajstić information content (AvgIpc) is 3.00. The third-order valence-electron chi connectivity index (χ3n) is 3.75. The number of anilines is 2. The Kier molecular flexibility index (Phi) is 3.98. The summed E-state index contributed by atoms with van der Waals surface area (Å²) < 4.78 is 0. The van der Waals surface area contributed by atoms with Crippen molar-refractivity contribution in [2.24, 2.45) is 0 Å². The molecule has 0 unspecified atom stereocenters. The Bertz CT molecular complexity index is 732. The summed E-state index contributed by atoms with van der Waals surface area (Å²) in [6.45, 7) is 3.47. The number of carbonyl (C=O) groups excluding carboxylic acids is 2. The predicted molar refractivity (Wildman–Crippen MR) is 89.8 cm³/mol. The van der Waals surface area contributed by atoms with E-state index in [2.05, 4.69) is 10.6 Å². The second-order valence-corrected chi connectivity index (χ2v) is 6.67. The van der Waals surface area contributed by atoms with Gasteiger partial charge in [0.05, 0.1) is 5.56 Å². The number of amides is 2. The molecule has 1 heterocycles. The molecule has 0 fully saturated rings. The van der Waals surface area contributed by atoms with E-state index in [1.807, 2.05) is 31.2 Å². The Morgan fingerprint density at radius 2 is 1.82 bits per heavy atom. The number of nitrogens with one attached hydrogen (secondary N) is 2. The summed E-state index contributed by atoms with van der Waals surface area (Å²) in [4.78, 5) is 25.3. The zero-order valence-corrected chi connectivity index (χ0v) is 13.5. The normalized spacial score (nSPS) is 12.8. The highest BCUT2D eigenvalue weighted by Crippen LogP contribution is 2.39.